The molecule has 0 saturated carbocycles. The van der Waals surface area contributed by atoms with Crippen molar-refractivity contribution in [1.82, 2.24) is 20.0 Å². The van der Waals surface area contributed by atoms with Crippen LogP contribution in [0.25, 0.3) is 0 Å². The second-order valence-corrected chi connectivity index (χ2v) is 9.58. The Bertz CT molecular complexity index is 889. The molecule has 2 aromatic rings. The molecule has 0 bridgehead atoms. The van der Waals surface area contributed by atoms with Gasteiger partial charge in [-0.25, -0.2) is 0 Å². The number of amides is 1. The van der Waals surface area contributed by atoms with Gasteiger partial charge in [-0.3, -0.25) is 9.69 Å². The maximum absolute atomic E-state index is 12.7. The topological polar surface area (TPSA) is 71.7 Å². The summed E-state index contributed by atoms with van der Waals surface area (Å²) in [6, 6.07) is 8.21. The molecule has 2 fully saturated rings. The summed E-state index contributed by atoms with van der Waals surface area (Å²) in [5.74, 6) is 3.11. The van der Waals surface area contributed by atoms with Crippen molar-refractivity contribution in [2.75, 3.05) is 26.7 Å². The van der Waals surface area contributed by atoms with Crippen molar-refractivity contribution < 1.29 is 13.9 Å². The van der Waals surface area contributed by atoms with Crippen LogP contribution in [0.1, 0.15) is 81.7 Å². The van der Waals surface area contributed by atoms with Crippen LogP contribution in [0.5, 0.6) is 5.75 Å². The van der Waals surface area contributed by atoms with E-state index >= 15 is 0 Å². The number of hydrogen-bond acceptors (Lipinski definition) is 6. The van der Waals surface area contributed by atoms with Crippen molar-refractivity contribution in [3.63, 3.8) is 0 Å². The normalized spacial score (nSPS) is 20.6. The molecule has 0 unspecified atom stereocenters. The number of rotatable bonds is 7. The Balaban J connectivity index is 1.35. The van der Waals surface area contributed by atoms with Gasteiger partial charge in [0.25, 0.3) is 0 Å². The number of nitrogens with zero attached hydrogens (tertiary/aromatic N) is 4. The largest absolute Gasteiger partial charge is 0.497 e. The average Bonchev–Trinajstić information content (AvgIpc) is 3.29. The fourth-order valence-electron chi connectivity index (χ4n) is 4.87. The van der Waals surface area contributed by atoms with Crippen LogP contribution in [0, 0.1) is 5.92 Å². The summed E-state index contributed by atoms with van der Waals surface area (Å²) in [6.07, 6.45) is 5.63. The van der Waals surface area contributed by atoms with Crippen LogP contribution in [0.2, 0.25) is 0 Å². The third kappa shape index (κ3) is 5.49. The highest BCUT2D eigenvalue weighted by Gasteiger charge is 2.33. The highest BCUT2D eigenvalue weighted by atomic mass is 16.5. The van der Waals surface area contributed by atoms with Gasteiger partial charge in [0, 0.05) is 25.4 Å². The second kappa shape index (κ2) is 10.5. The Morgan fingerprint density at radius 3 is 2.66 bits per heavy atom. The van der Waals surface area contributed by atoms with Gasteiger partial charge in [-0.1, -0.05) is 26.0 Å². The lowest BCUT2D eigenvalue weighted by Gasteiger charge is -2.34. The molecule has 1 aromatic heterocycles. The molecule has 0 spiro atoms. The number of methoxy groups -OCH3 is 1. The van der Waals surface area contributed by atoms with Gasteiger partial charge in [0.2, 0.25) is 17.7 Å². The minimum Gasteiger partial charge on any atom is -0.497 e. The van der Waals surface area contributed by atoms with Crippen LogP contribution >= 0.6 is 0 Å². The first kappa shape index (κ1) is 22.8. The van der Waals surface area contributed by atoms with Crippen LogP contribution in [-0.2, 0) is 11.3 Å². The molecule has 2 aliphatic heterocycles. The van der Waals surface area contributed by atoms with Crippen molar-refractivity contribution in [3.8, 4) is 5.75 Å². The molecule has 7 nitrogen and oxygen atoms in total. The predicted molar refractivity (Wildman–Crippen MR) is 122 cm³/mol. The van der Waals surface area contributed by atoms with Gasteiger partial charge < -0.3 is 14.1 Å². The average molecular weight is 441 g/mol. The quantitative estimate of drug-likeness (QED) is 0.629. The first-order valence-electron chi connectivity index (χ1n) is 12.0. The number of aromatic nitrogens is 2. The van der Waals surface area contributed by atoms with Crippen molar-refractivity contribution >= 4 is 5.91 Å². The zero-order valence-electron chi connectivity index (χ0n) is 19.6. The van der Waals surface area contributed by atoms with Crippen LogP contribution in [-0.4, -0.2) is 52.6 Å². The van der Waals surface area contributed by atoms with Crippen LogP contribution in [0.15, 0.2) is 28.7 Å². The van der Waals surface area contributed by atoms with E-state index in [0.29, 0.717) is 24.1 Å². The van der Waals surface area contributed by atoms with Crippen LogP contribution in [0.4, 0.5) is 0 Å². The van der Waals surface area contributed by atoms with Gasteiger partial charge in [0.05, 0.1) is 7.11 Å². The zero-order valence-corrected chi connectivity index (χ0v) is 19.6. The zero-order chi connectivity index (χ0) is 22.5. The summed E-state index contributed by atoms with van der Waals surface area (Å²) in [5, 5.41) is 8.81. The van der Waals surface area contributed by atoms with Gasteiger partial charge in [0.1, 0.15) is 11.8 Å². The van der Waals surface area contributed by atoms with Gasteiger partial charge in [-0.05, 0) is 68.8 Å². The first-order chi connectivity index (χ1) is 15.5. The molecule has 0 radical (unpaired) electrons. The molecule has 7 heteroatoms. The number of ether oxygens (including phenoxy) is 1. The molecule has 1 aromatic carbocycles. The smallest absolute Gasteiger partial charge is 0.238 e. The predicted octanol–water partition coefficient (Wildman–Crippen LogP) is 4.56. The Hall–Kier alpha value is -2.41. The summed E-state index contributed by atoms with van der Waals surface area (Å²) in [5.41, 5.74) is 1.27. The summed E-state index contributed by atoms with van der Waals surface area (Å²) in [6.45, 7) is 7.89. The Morgan fingerprint density at radius 1 is 1.12 bits per heavy atom. The number of piperidine rings is 2. The van der Waals surface area contributed by atoms with Gasteiger partial charge >= 0.3 is 0 Å². The molecule has 174 valence electrons. The van der Waals surface area contributed by atoms with E-state index in [-0.39, 0.29) is 11.9 Å². The summed E-state index contributed by atoms with van der Waals surface area (Å²) in [7, 11) is 1.70. The highest BCUT2D eigenvalue weighted by Crippen LogP contribution is 2.34. The van der Waals surface area contributed by atoms with E-state index in [1.807, 2.05) is 17.0 Å². The maximum Gasteiger partial charge on any atom is 0.238 e. The number of hydrogen-bond donors (Lipinski definition) is 0. The second-order valence-electron chi connectivity index (χ2n) is 9.58. The molecular formula is C25H36N4O3. The third-order valence-corrected chi connectivity index (χ3v) is 6.62. The number of carbonyl (C=O) groups excluding carboxylic acids is 1. The highest BCUT2D eigenvalue weighted by molar-refractivity contribution is 5.76. The van der Waals surface area contributed by atoms with Crippen LogP contribution < -0.4 is 4.74 Å². The molecule has 1 atom stereocenters. The van der Waals surface area contributed by atoms with Crippen molar-refractivity contribution in [2.45, 2.75) is 70.9 Å². The van der Waals surface area contributed by atoms with E-state index < -0.39 is 0 Å². The van der Waals surface area contributed by atoms with E-state index in [1.54, 1.807) is 7.11 Å². The standard InChI is InChI=1S/C25H36N4O3/c1-18(2)15-23(30)29-12-5-4-9-22(29)25-27-26-24(32-25)20-10-13-28(14-11-20)17-19-7-6-8-21(16-19)31-3/h6-8,16,18,20,22H,4-5,9-15,17H2,1-3H3/t22-/m0/s1. The van der Waals surface area contributed by atoms with E-state index in [1.165, 1.54) is 5.56 Å². The molecule has 0 N–H and O–H groups in total. The molecular weight excluding hydrogens is 404 g/mol. The van der Waals surface area contributed by atoms with E-state index in [2.05, 4.69) is 41.1 Å². The van der Waals surface area contributed by atoms with Gasteiger partial charge in [0.15, 0.2) is 0 Å². The lowest BCUT2D eigenvalue weighted by molar-refractivity contribution is -0.136. The molecule has 2 aliphatic rings. The maximum atomic E-state index is 12.7. The van der Waals surface area contributed by atoms with E-state index in [0.717, 1.165) is 69.9 Å². The van der Waals surface area contributed by atoms with Gasteiger partial charge in [-0.2, -0.15) is 0 Å². The van der Waals surface area contributed by atoms with Gasteiger partial charge in [-0.15, -0.1) is 10.2 Å². The fraction of sp³-hybridized carbons (Fsp3) is 0.640. The summed E-state index contributed by atoms with van der Waals surface area (Å²) < 4.78 is 11.5. The lowest BCUT2D eigenvalue weighted by Crippen LogP contribution is -2.39. The first-order valence-corrected chi connectivity index (χ1v) is 12.0. The molecule has 4 rings (SSSR count). The van der Waals surface area contributed by atoms with E-state index in [4.69, 9.17) is 9.15 Å². The fourth-order valence-corrected chi connectivity index (χ4v) is 4.87. The molecule has 0 aliphatic carbocycles. The lowest BCUT2D eigenvalue weighted by atomic mass is 9.96. The number of benzene rings is 1. The SMILES string of the molecule is COc1cccc(CN2CCC(c3nnc([C@@H]4CCCCN4C(=O)CC(C)C)o3)CC2)c1. The molecule has 32 heavy (non-hydrogen) atoms. The van der Waals surface area contributed by atoms with Crippen molar-refractivity contribution in [1.29, 1.82) is 0 Å². The monoisotopic (exact) mass is 440 g/mol. The third-order valence-electron chi connectivity index (χ3n) is 6.62. The van der Waals surface area contributed by atoms with Crippen molar-refractivity contribution in [2.24, 2.45) is 5.92 Å². The summed E-state index contributed by atoms with van der Waals surface area (Å²) in [4.78, 5) is 17.2. The van der Waals surface area contributed by atoms with Crippen LogP contribution in [0.3, 0.4) is 0 Å². The number of likely N-dealkylation sites (tertiary alicyclic amines) is 2. The minimum absolute atomic E-state index is 0.0654. The molecule has 3 heterocycles. The molecule has 1 amide bonds. The number of carbonyl (C=O) groups is 1. The van der Waals surface area contributed by atoms with E-state index in [9.17, 15) is 4.79 Å². The minimum atomic E-state index is -0.0654. The Morgan fingerprint density at radius 2 is 1.91 bits per heavy atom. The Kier molecular flexibility index (Phi) is 7.45. The summed E-state index contributed by atoms with van der Waals surface area (Å²) >= 11 is 0. The van der Waals surface area contributed by atoms with Crippen molar-refractivity contribution in [3.05, 3.63) is 41.6 Å². The molecule has 2 saturated heterocycles. The Labute approximate surface area is 191 Å².